The van der Waals surface area contributed by atoms with E-state index in [1.807, 2.05) is 12.2 Å². The molecule has 7 atom stereocenters. The Morgan fingerprint density at radius 1 is 0.667 bits per heavy atom. The lowest BCUT2D eigenvalue weighted by molar-refractivity contribution is -0.161. The van der Waals surface area contributed by atoms with Crippen LogP contribution < -0.4 is 0 Å². The first-order valence-corrected chi connectivity index (χ1v) is 26.8. The van der Waals surface area contributed by atoms with Crippen LogP contribution in [0.5, 0.6) is 0 Å². The van der Waals surface area contributed by atoms with Gasteiger partial charge in [0.05, 0.1) is 32.0 Å². The van der Waals surface area contributed by atoms with Crippen LogP contribution in [0.1, 0.15) is 149 Å². The van der Waals surface area contributed by atoms with E-state index in [4.69, 9.17) is 23.8 Å². The molecule has 0 aromatic carbocycles. The molecular weight excluding hydrogens is 894 g/mol. The molecule has 0 heterocycles. The predicted octanol–water partition coefficient (Wildman–Crippen LogP) is 9.15. The molecule has 16 nitrogen and oxygen atoms in total. The van der Waals surface area contributed by atoms with Crippen molar-refractivity contribution >= 4 is 33.4 Å². The molecule has 1 rings (SSSR count). The van der Waals surface area contributed by atoms with Gasteiger partial charge in [-0.2, -0.15) is 0 Å². The molecule has 1 saturated carbocycles. The summed E-state index contributed by atoms with van der Waals surface area (Å²) in [4.78, 5) is 65.5. The summed E-state index contributed by atoms with van der Waals surface area (Å²) in [5, 5.41) is 30.5. The zero-order chi connectivity index (χ0) is 48.9. The van der Waals surface area contributed by atoms with Gasteiger partial charge in [0.15, 0.2) is 6.10 Å². The highest BCUT2D eigenvalue weighted by molar-refractivity contribution is 7.47. The number of unbranched alkanes of at least 4 members (excludes halogenated alkanes) is 9. The van der Waals surface area contributed by atoms with E-state index < -0.39 is 84.3 Å². The van der Waals surface area contributed by atoms with Crippen LogP contribution in [0.25, 0.3) is 0 Å². The van der Waals surface area contributed by atoms with Crippen LogP contribution in [-0.4, -0.2) is 98.6 Å². The Bertz CT molecular complexity index is 1600. The van der Waals surface area contributed by atoms with Gasteiger partial charge in [0, 0.05) is 31.1 Å². The number of aliphatic hydroxyl groups excluding tert-OH is 3. The number of Topliss-reactive ketones (excluding diaryl/α,β-unsaturated/α-hetero) is 1. The lowest BCUT2D eigenvalue weighted by atomic mass is 9.90. The van der Waals surface area contributed by atoms with Crippen LogP contribution in [0.2, 0.25) is 0 Å². The van der Waals surface area contributed by atoms with Crippen molar-refractivity contribution in [1.82, 2.24) is 0 Å². The van der Waals surface area contributed by atoms with Gasteiger partial charge in [-0.1, -0.05) is 125 Å². The Kier molecular flexibility index (Phi) is 35.3. The van der Waals surface area contributed by atoms with E-state index in [1.54, 1.807) is 12.2 Å². The monoisotopic (exact) mass is 974 g/mol. The first-order valence-electron chi connectivity index (χ1n) is 23.7. The zero-order valence-electron chi connectivity index (χ0n) is 39.2. The molecule has 0 bridgehead atoms. The normalized spacial score (nSPS) is 19.6. The molecule has 0 radical (unpaired) electrons. The molecule has 0 spiro atoms. The van der Waals surface area contributed by atoms with E-state index in [0.717, 1.165) is 64.2 Å². The second-order valence-electron chi connectivity index (χ2n) is 16.5. The van der Waals surface area contributed by atoms with Crippen molar-refractivity contribution in [1.29, 1.82) is 0 Å². The lowest BCUT2D eigenvalue weighted by Crippen LogP contribution is -2.30. The number of hydrogen-bond donors (Lipinski definition) is 6. The van der Waals surface area contributed by atoms with Crippen LogP contribution in [0, 0.1) is 11.8 Å². The maximum atomic E-state index is 12.7. The van der Waals surface area contributed by atoms with Crippen molar-refractivity contribution in [3.05, 3.63) is 72.9 Å². The number of aliphatic hydroxyl groups is 3. The summed E-state index contributed by atoms with van der Waals surface area (Å²) < 4.78 is 47.8. The van der Waals surface area contributed by atoms with Crippen LogP contribution >= 0.6 is 15.6 Å². The fourth-order valence-corrected chi connectivity index (χ4v) is 7.88. The van der Waals surface area contributed by atoms with E-state index in [9.17, 15) is 43.7 Å². The van der Waals surface area contributed by atoms with Crippen molar-refractivity contribution in [2.45, 2.75) is 173 Å². The third-order valence-electron chi connectivity index (χ3n) is 10.4. The molecular formula is C48H80O16P2. The maximum Gasteiger partial charge on any atom is 0.472 e. The molecule has 66 heavy (non-hydrogen) atoms. The number of allylic oxidation sites excluding steroid dienone is 11. The van der Waals surface area contributed by atoms with E-state index in [0.29, 0.717) is 32.1 Å². The highest BCUT2D eigenvalue weighted by atomic mass is 31.2. The molecule has 378 valence electrons. The van der Waals surface area contributed by atoms with Gasteiger partial charge in [-0.25, -0.2) is 9.13 Å². The third kappa shape index (κ3) is 34.4. The molecule has 0 aliphatic heterocycles. The molecule has 0 saturated heterocycles. The van der Waals surface area contributed by atoms with Crippen molar-refractivity contribution in [3.8, 4) is 0 Å². The predicted molar refractivity (Wildman–Crippen MR) is 254 cm³/mol. The summed E-state index contributed by atoms with van der Waals surface area (Å²) in [6.07, 6.45) is 35.4. The molecule has 1 unspecified atom stereocenters. The van der Waals surface area contributed by atoms with E-state index in [2.05, 4.69) is 71.5 Å². The van der Waals surface area contributed by atoms with Gasteiger partial charge >= 0.3 is 27.6 Å². The van der Waals surface area contributed by atoms with Gasteiger partial charge in [0.2, 0.25) is 0 Å². The Balaban J connectivity index is 2.57. The van der Waals surface area contributed by atoms with Crippen molar-refractivity contribution in [2.24, 2.45) is 11.8 Å². The van der Waals surface area contributed by atoms with Crippen LogP contribution in [0.4, 0.5) is 0 Å². The minimum Gasteiger partial charge on any atom is -0.462 e. The average molecular weight is 975 g/mol. The molecule has 6 N–H and O–H groups in total. The van der Waals surface area contributed by atoms with Gasteiger partial charge < -0.3 is 39.5 Å². The summed E-state index contributed by atoms with van der Waals surface area (Å²) >= 11 is 0. The van der Waals surface area contributed by atoms with E-state index in [-0.39, 0.29) is 31.0 Å². The number of rotatable bonds is 40. The third-order valence-corrected chi connectivity index (χ3v) is 11.9. The Labute approximate surface area is 393 Å². The number of hydrogen-bond acceptors (Lipinski definition) is 13. The fourth-order valence-electron chi connectivity index (χ4n) is 6.72. The van der Waals surface area contributed by atoms with E-state index >= 15 is 0 Å². The quantitative estimate of drug-likeness (QED) is 0.0145. The minimum absolute atomic E-state index is 0.00665. The highest BCUT2D eigenvalue weighted by Gasteiger charge is 2.39. The summed E-state index contributed by atoms with van der Waals surface area (Å²) in [7, 11) is -9.79. The summed E-state index contributed by atoms with van der Waals surface area (Å²) in [5.41, 5.74) is 0. The maximum absolute atomic E-state index is 12.7. The number of esters is 2. The largest absolute Gasteiger partial charge is 0.472 e. The topological polar surface area (TPSA) is 253 Å². The van der Waals surface area contributed by atoms with Gasteiger partial charge in [-0.3, -0.25) is 28.0 Å². The van der Waals surface area contributed by atoms with Gasteiger partial charge in [0.1, 0.15) is 18.5 Å². The lowest BCUT2D eigenvalue weighted by Gasteiger charge is -2.20. The minimum atomic E-state index is -4.91. The number of phosphoric ester groups is 2. The molecule has 0 aromatic rings. The molecule has 0 amide bonds. The number of ether oxygens (including phenoxy) is 2. The smallest absolute Gasteiger partial charge is 0.462 e. The molecule has 0 aromatic heterocycles. The summed E-state index contributed by atoms with van der Waals surface area (Å²) in [6.45, 7) is 1.28. The van der Waals surface area contributed by atoms with Crippen molar-refractivity contribution < 1.29 is 76.6 Å². The highest BCUT2D eigenvalue weighted by Crippen LogP contribution is 2.44. The van der Waals surface area contributed by atoms with Crippen LogP contribution in [0.3, 0.4) is 0 Å². The Morgan fingerprint density at radius 3 is 1.85 bits per heavy atom. The van der Waals surface area contributed by atoms with E-state index in [1.165, 1.54) is 19.3 Å². The first kappa shape index (κ1) is 61.2. The van der Waals surface area contributed by atoms with Crippen LogP contribution in [-0.2, 0) is 46.6 Å². The first-order chi connectivity index (χ1) is 31.6. The Morgan fingerprint density at radius 2 is 1.21 bits per heavy atom. The fraction of sp³-hybridized carbons (Fsp3) is 0.688. The van der Waals surface area contributed by atoms with Gasteiger partial charge in [-0.05, 0) is 77.0 Å². The molecule has 1 aliphatic rings. The number of ketones is 1. The SMILES string of the molecule is CCCCC/C=C\C/C=C\C/C=C\C/C=C\CCCCCC(=O)O[C@H](COC(=O)CCC/C=C\C[C@H]1[C@@H](O)CC(=O)[C@@H]1/C=C/[C@@H](O)CCCCC)COP(=O)(O)OC[C@@H](O)COP(=O)(O)O. The van der Waals surface area contributed by atoms with Gasteiger partial charge in [0.25, 0.3) is 0 Å². The van der Waals surface area contributed by atoms with Crippen molar-refractivity contribution in [3.63, 3.8) is 0 Å². The second-order valence-corrected chi connectivity index (χ2v) is 19.2. The van der Waals surface area contributed by atoms with Crippen molar-refractivity contribution in [2.75, 3.05) is 26.4 Å². The molecule has 1 aliphatic carbocycles. The summed E-state index contributed by atoms with van der Waals surface area (Å²) in [5.74, 6) is -2.14. The Hall–Kier alpha value is -2.85. The van der Waals surface area contributed by atoms with Crippen LogP contribution in [0.15, 0.2) is 72.9 Å². The zero-order valence-corrected chi connectivity index (χ0v) is 41.0. The van der Waals surface area contributed by atoms with Gasteiger partial charge in [-0.15, -0.1) is 0 Å². The second kappa shape index (κ2) is 38.1. The number of carbonyl (C=O) groups excluding carboxylic acids is 3. The molecule has 1 fully saturated rings. The number of carbonyl (C=O) groups is 3. The molecule has 18 heteroatoms. The average Bonchev–Trinajstić information content (AvgIpc) is 3.54. The summed E-state index contributed by atoms with van der Waals surface area (Å²) in [6, 6.07) is 0. The number of phosphoric acid groups is 2. The standard InChI is InChI=1S/C48H80O16P2/c1-3-5-7-8-9-10-11-12-13-14-15-16-17-18-19-20-21-22-28-32-48(54)64-42(39-63-66(58,59)62-37-41(50)36-61-65(55,56)57)38-60-47(53)31-27-24-23-26-30-43-44(46(52)35-45(43)51)34-33-40(49)29-25-6-4-2/h9-10,12-13,15-16,18-19,23,26,33-34,40-45,49-51H,3-8,11,14,17,20-22,24-25,27-32,35-39H2,1-2H3,(H,58,59)(H2,55,56,57)/b10-9-,13-12-,16-15-,19-18-,26-23-,34-33+/t40-,41-,42+,43+,44+,45-/m0/s1.